The number of hydrogen-bond acceptors (Lipinski definition) is 6. The Morgan fingerprint density at radius 3 is 2.77 bits per heavy atom. The SMILES string of the molecule is CCN(CC)c1ccc2cc(/C=N/NC(=O)c3cccs3)c(=O)oc2c1. The third kappa shape index (κ3) is 3.83. The molecule has 0 saturated heterocycles. The topological polar surface area (TPSA) is 74.9 Å². The summed E-state index contributed by atoms with van der Waals surface area (Å²) in [5.74, 6) is -0.315. The minimum Gasteiger partial charge on any atom is -0.422 e. The summed E-state index contributed by atoms with van der Waals surface area (Å²) < 4.78 is 5.42. The number of benzene rings is 1. The fraction of sp³-hybridized carbons (Fsp3) is 0.211. The Bertz CT molecular complexity index is 989. The van der Waals surface area contributed by atoms with Crippen LogP contribution in [0.15, 0.2) is 56.1 Å². The van der Waals surface area contributed by atoms with Crippen LogP contribution in [0.3, 0.4) is 0 Å². The van der Waals surface area contributed by atoms with Crippen molar-refractivity contribution in [3.63, 3.8) is 0 Å². The minimum absolute atomic E-state index is 0.277. The molecular weight excluding hydrogens is 350 g/mol. The van der Waals surface area contributed by atoms with Gasteiger partial charge in [-0.2, -0.15) is 5.10 Å². The van der Waals surface area contributed by atoms with Crippen LogP contribution in [0, 0.1) is 0 Å². The van der Waals surface area contributed by atoms with E-state index >= 15 is 0 Å². The molecule has 0 fully saturated rings. The molecule has 1 aromatic carbocycles. The molecule has 2 heterocycles. The zero-order valence-corrected chi connectivity index (χ0v) is 15.4. The quantitative estimate of drug-likeness (QED) is 0.410. The molecule has 0 spiro atoms. The van der Waals surface area contributed by atoms with E-state index in [1.54, 1.807) is 18.2 Å². The van der Waals surface area contributed by atoms with E-state index in [2.05, 4.69) is 29.3 Å². The van der Waals surface area contributed by atoms with Crippen molar-refractivity contribution < 1.29 is 9.21 Å². The maximum Gasteiger partial charge on any atom is 0.345 e. The van der Waals surface area contributed by atoms with E-state index in [-0.39, 0.29) is 11.5 Å². The number of nitrogens with zero attached hydrogens (tertiary/aromatic N) is 2. The number of carbonyl (C=O) groups excluding carboxylic acids is 1. The molecule has 1 amide bonds. The molecule has 0 atom stereocenters. The molecule has 3 aromatic rings. The maximum atomic E-state index is 12.2. The van der Waals surface area contributed by atoms with Crippen LogP contribution in [0.5, 0.6) is 0 Å². The largest absolute Gasteiger partial charge is 0.422 e. The van der Waals surface area contributed by atoms with Gasteiger partial charge in [0.25, 0.3) is 5.91 Å². The number of anilines is 1. The van der Waals surface area contributed by atoms with E-state index in [0.717, 1.165) is 24.2 Å². The first-order valence-corrected chi connectivity index (χ1v) is 9.20. The Morgan fingerprint density at radius 1 is 1.27 bits per heavy atom. The minimum atomic E-state index is -0.497. The first-order chi connectivity index (χ1) is 12.6. The molecule has 3 rings (SSSR count). The van der Waals surface area contributed by atoms with E-state index in [0.29, 0.717) is 10.5 Å². The van der Waals surface area contributed by atoms with Crippen molar-refractivity contribution in [1.29, 1.82) is 0 Å². The molecule has 6 nitrogen and oxygen atoms in total. The van der Waals surface area contributed by atoms with Crippen molar-refractivity contribution in [2.45, 2.75) is 13.8 Å². The van der Waals surface area contributed by atoms with Crippen LogP contribution in [0.2, 0.25) is 0 Å². The lowest BCUT2D eigenvalue weighted by atomic mass is 10.1. The number of thiophene rings is 1. The highest BCUT2D eigenvalue weighted by Gasteiger charge is 2.08. The zero-order valence-electron chi connectivity index (χ0n) is 14.6. The van der Waals surface area contributed by atoms with E-state index < -0.39 is 5.63 Å². The Labute approximate surface area is 154 Å². The van der Waals surface area contributed by atoms with Crippen molar-refractivity contribution in [3.8, 4) is 0 Å². The lowest BCUT2D eigenvalue weighted by Crippen LogP contribution is -2.21. The summed E-state index contributed by atoms with van der Waals surface area (Å²) >= 11 is 1.32. The van der Waals surface area contributed by atoms with Crippen LogP contribution < -0.4 is 16.0 Å². The van der Waals surface area contributed by atoms with Gasteiger partial charge in [-0.25, -0.2) is 10.2 Å². The van der Waals surface area contributed by atoms with Crippen LogP contribution >= 0.6 is 11.3 Å². The molecule has 1 N–H and O–H groups in total. The standard InChI is InChI=1S/C19H19N3O3S/c1-3-22(4-2)15-8-7-13-10-14(19(24)25-16(13)11-15)12-20-21-18(23)17-6-5-9-26-17/h5-12H,3-4H2,1-2H3,(H,21,23)/b20-12+. The lowest BCUT2D eigenvalue weighted by Gasteiger charge is -2.20. The summed E-state index contributed by atoms with van der Waals surface area (Å²) in [4.78, 5) is 26.7. The first-order valence-electron chi connectivity index (χ1n) is 8.32. The van der Waals surface area contributed by atoms with Gasteiger partial charge in [0.1, 0.15) is 5.58 Å². The summed E-state index contributed by atoms with van der Waals surface area (Å²) in [6.07, 6.45) is 1.30. The molecule has 0 unspecified atom stereocenters. The van der Waals surface area contributed by atoms with Gasteiger partial charge in [-0.15, -0.1) is 11.3 Å². The van der Waals surface area contributed by atoms with E-state index in [1.807, 2.05) is 23.6 Å². The predicted molar refractivity (Wildman–Crippen MR) is 105 cm³/mol. The molecule has 0 aliphatic heterocycles. The van der Waals surface area contributed by atoms with Crippen LogP contribution in [0.1, 0.15) is 29.1 Å². The molecule has 0 radical (unpaired) electrons. The van der Waals surface area contributed by atoms with Gasteiger partial charge in [0.15, 0.2) is 0 Å². The van der Waals surface area contributed by atoms with Gasteiger partial charge in [0.05, 0.1) is 16.7 Å². The van der Waals surface area contributed by atoms with Crippen molar-refractivity contribution in [1.82, 2.24) is 5.43 Å². The van der Waals surface area contributed by atoms with Crippen molar-refractivity contribution in [3.05, 3.63) is 62.6 Å². The van der Waals surface area contributed by atoms with Crippen molar-refractivity contribution in [2.75, 3.05) is 18.0 Å². The van der Waals surface area contributed by atoms with E-state index in [9.17, 15) is 9.59 Å². The molecule has 0 bridgehead atoms. The highest BCUT2D eigenvalue weighted by Crippen LogP contribution is 2.21. The number of carbonyl (C=O) groups is 1. The molecular formula is C19H19N3O3S. The summed E-state index contributed by atoms with van der Waals surface area (Å²) in [7, 11) is 0. The van der Waals surface area contributed by atoms with Gasteiger partial charge in [-0.05, 0) is 43.5 Å². The van der Waals surface area contributed by atoms with Crippen LogP contribution in [0.25, 0.3) is 11.0 Å². The van der Waals surface area contributed by atoms with Crippen LogP contribution in [-0.2, 0) is 0 Å². The Morgan fingerprint density at radius 2 is 2.08 bits per heavy atom. The summed E-state index contributed by atoms with van der Waals surface area (Å²) in [5, 5.41) is 6.46. The monoisotopic (exact) mass is 369 g/mol. The number of hydrazone groups is 1. The van der Waals surface area contributed by atoms with Gasteiger partial charge in [-0.3, -0.25) is 4.79 Å². The van der Waals surface area contributed by atoms with E-state index in [4.69, 9.17) is 4.42 Å². The molecule has 0 aliphatic rings. The number of nitrogens with one attached hydrogen (secondary N) is 1. The van der Waals surface area contributed by atoms with Gasteiger partial charge in [0.2, 0.25) is 0 Å². The highest BCUT2D eigenvalue weighted by molar-refractivity contribution is 7.12. The number of rotatable bonds is 6. The van der Waals surface area contributed by atoms with E-state index in [1.165, 1.54) is 17.6 Å². The summed E-state index contributed by atoms with van der Waals surface area (Å²) in [6, 6.07) is 11.0. The Kier molecular flexibility index (Phi) is 5.48. The molecule has 134 valence electrons. The predicted octanol–water partition coefficient (Wildman–Crippen LogP) is 3.46. The fourth-order valence-electron chi connectivity index (χ4n) is 2.61. The molecule has 7 heteroatoms. The number of fused-ring (bicyclic) bond motifs is 1. The fourth-order valence-corrected chi connectivity index (χ4v) is 3.23. The van der Waals surface area contributed by atoms with Crippen molar-refractivity contribution >= 4 is 40.1 Å². The highest BCUT2D eigenvalue weighted by atomic mass is 32.1. The van der Waals surface area contributed by atoms with Gasteiger partial charge in [0, 0.05) is 30.2 Å². The second kappa shape index (κ2) is 7.97. The molecule has 26 heavy (non-hydrogen) atoms. The third-order valence-corrected chi connectivity index (χ3v) is 4.86. The number of hydrogen-bond donors (Lipinski definition) is 1. The van der Waals surface area contributed by atoms with Gasteiger partial charge >= 0.3 is 5.63 Å². The maximum absolute atomic E-state index is 12.2. The van der Waals surface area contributed by atoms with Crippen LogP contribution in [-0.4, -0.2) is 25.2 Å². The second-order valence-electron chi connectivity index (χ2n) is 5.56. The first kappa shape index (κ1) is 17.9. The second-order valence-corrected chi connectivity index (χ2v) is 6.51. The smallest absolute Gasteiger partial charge is 0.345 e. The molecule has 2 aromatic heterocycles. The Balaban J connectivity index is 1.82. The van der Waals surface area contributed by atoms with Crippen LogP contribution in [0.4, 0.5) is 5.69 Å². The average Bonchev–Trinajstić information content (AvgIpc) is 3.18. The summed E-state index contributed by atoms with van der Waals surface area (Å²) in [5.41, 5.74) is 3.72. The summed E-state index contributed by atoms with van der Waals surface area (Å²) in [6.45, 7) is 5.91. The Hall–Kier alpha value is -2.93. The van der Waals surface area contributed by atoms with Gasteiger partial charge < -0.3 is 9.32 Å². The molecule has 0 aliphatic carbocycles. The molecule has 0 saturated carbocycles. The lowest BCUT2D eigenvalue weighted by molar-refractivity contribution is 0.0959. The zero-order chi connectivity index (χ0) is 18.5. The van der Waals surface area contributed by atoms with Crippen molar-refractivity contribution in [2.24, 2.45) is 5.10 Å². The average molecular weight is 369 g/mol. The third-order valence-electron chi connectivity index (χ3n) is 3.99. The van der Waals surface area contributed by atoms with Gasteiger partial charge in [-0.1, -0.05) is 6.07 Å². The normalized spacial score (nSPS) is 11.2. The number of amides is 1.